The van der Waals surface area contributed by atoms with E-state index in [1.807, 2.05) is 0 Å². The number of ketones is 1. The zero-order valence-electron chi connectivity index (χ0n) is 6.65. The van der Waals surface area contributed by atoms with Gasteiger partial charge in [0, 0.05) is 17.8 Å². The number of aliphatic hydroxyl groups excluding tert-OH is 1. The van der Waals surface area contributed by atoms with Crippen LogP contribution in [0, 0.1) is 17.3 Å². The molecule has 2 aliphatic rings. The summed E-state index contributed by atoms with van der Waals surface area (Å²) in [5.41, 5.74) is -0.664. The number of carbonyl (C=O) groups is 2. The van der Waals surface area contributed by atoms with Crippen molar-refractivity contribution in [1.29, 1.82) is 0 Å². The monoisotopic (exact) mass is 170 g/mol. The van der Waals surface area contributed by atoms with Crippen LogP contribution >= 0.6 is 0 Å². The Labute approximate surface area is 69.2 Å². The Balaban J connectivity index is 2.29. The molecular weight excluding hydrogens is 160 g/mol. The summed E-state index contributed by atoms with van der Waals surface area (Å²) in [5, 5.41) is 18.1. The fourth-order valence-electron chi connectivity index (χ4n) is 2.43. The summed E-state index contributed by atoms with van der Waals surface area (Å²) in [6, 6.07) is 0. The predicted octanol–water partition coefficient (Wildman–Crippen LogP) is -0.343. The third-order valence-electron chi connectivity index (χ3n) is 3.29. The van der Waals surface area contributed by atoms with Gasteiger partial charge in [0.1, 0.15) is 5.78 Å². The highest BCUT2D eigenvalue weighted by atomic mass is 16.4. The fraction of sp³-hybridized carbons (Fsp3) is 0.750. The number of fused-ring (bicyclic) bond motifs is 1. The zero-order chi connectivity index (χ0) is 9.09. The van der Waals surface area contributed by atoms with Gasteiger partial charge < -0.3 is 10.2 Å². The van der Waals surface area contributed by atoms with Gasteiger partial charge >= 0.3 is 5.97 Å². The van der Waals surface area contributed by atoms with Crippen molar-refractivity contribution in [3.63, 3.8) is 0 Å². The second kappa shape index (κ2) is 1.88. The molecule has 0 spiro atoms. The van der Waals surface area contributed by atoms with Crippen molar-refractivity contribution >= 4 is 11.8 Å². The molecule has 2 saturated carbocycles. The molecule has 2 fully saturated rings. The fourth-order valence-corrected chi connectivity index (χ4v) is 2.43. The number of rotatable bonds is 1. The molecule has 2 aliphatic carbocycles. The molecule has 0 aromatic rings. The highest BCUT2D eigenvalue weighted by Gasteiger charge is 2.75. The summed E-state index contributed by atoms with van der Waals surface area (Å²) in [4.78, 5) is 21.7. The molecule has 4 atom stereocenters. The van der Waals surface area contributed by atoms with Crippen molar-refractivity contribution in [2.45, 2.75) is 19.4 Å². The van der Waals surface area contributed by atoms with Gasteiger partial charge in [-0.15, -0.1) is 0 Å². The van der Waals surface area contributed by atoms with Gasteiger partial charge in [-0.1, -0.05) is 6.92 Å². The lowest BCUT2D eigenvalue weighted by Crippen LogP contribution is -2.22. The van der Waals surface area contributed by atoms with Crippen molar-refractivity contribution in [1.82, 2.24) is 0 Å². The van der Waals surface area contributed by atoms with E-state index in [1.54, 1.807) is 6.92 Å². The van der Waals surface area contributed by atoms with Gasteiger partial charge in [0.05, 0.1) is 12.0 Å². The van der Waals surface area contributed by atoms with Crippen molar-refractivity contribution in [3.8, 4) is 0 Å². The molecule has 2 N–H and O–H groups in total. The first-order valence-corrected chi connectivity index (χ1v) is 3.93. The average molecular weight is 170 g/mol. The molecule has 0 saturated heterocycles. The Kier molecular flexibility index (Phi) is 1.21. The quantitative estimate of drug-likeness (QED) is 0.564. The van der Waals surface area contributed by atoms with E-state index in [1.165, 1.54) is 0 Å². The molecule has 4 heteroatoms. The molecule has 0 unspecified atom stereocenters. The standard InChI is InChI=1S/C8H10O4/c1-8-4(10)2-3(9)5(8)6(8)7(11)12/h4-6,10H,2H2,1H3,(H,11,12)/t4-,5-,6+,8+/m1/s1. The molecule has 0 bridgehead atoms. The Morgan fingerprint density at radius 3 is 2.50 bits per heavy atom. The molecule has 4 nitrogen and oxygen atoms in total. The Morgan fingerprint density at radius 1 is 1.67 bits per heavy atom. The van der Waals surface area contributed by atoms with E-state index in [-0.39, 0.29) is 12.2 Å². The van der Waals surface area contributed by atoms with E-state index in [0.29, 0.717) is 0 Å². The Morgan fingerprint density at radius 2 is 2.25 bits per heavy atom. The topological polar surface area (TPSA) is 74.6 Å². The molecule has 66 valence electrons. The van der Waals surface area contributed by atoms with Gasteiger partial charge in [-0.2, -0.15) is 0 Å². The maximum Gasteiger partial charge on any atom is 0.307 e. The molecule has 0 aromatic carbocycles. The van der Waals surface area contributed by atoms with E-state index in [0.717, 1.165) is 0 Å². The molecule has 2 rings (SSSR count). The second-order valence-electron chi connectivity index (χ2n) is 3.85. The number of hydrogen-bond donors (Lipinski definition) is 2. The Hall–Kier alpha value is -0.900. The second-order valence-corrected chi connectivity index (χ2v) is 3.85. The van der Waals surface area contributed by atoms with Gasteiger partial charge in [-0.05, 0) is 0 Å². The molecule has 0 radical (unpaired) electrons. The highest BCUT2D eigenvalue weighted by Crippen LogP contribution is 2.66. The molecule has 0 aromatic heterocycles. The molecule has 0 heterocycles. The van der Waals surface area contributed by atoms with Crippen LogP contribution in [0.25, 0.3) is 0 Å². The van der Waals surface area contributed by atoms with Gasteiger partial charge in [0.25, 0.3) is 0 Å². The van der Waals surface area contributed by atoms with Gasteiger partial charge in [-0.25, -0.2) is 0 Å². The zero-order valence-corrected chi connectivity index (χ0v) is 6.65. The number of Topliss-reactive ketones (excluding diaryl/α,β-unsaturated/α-hetero) is 1. The van der Waals surface area contributed by atoms with Crippen LogP contribution in [0.1, 0.15) is 13.3 Å². The van der Waals surface area contributed by atoms with E-state index < -0.39 is 29.3 Å². The largest absolute Gasteiger partial charge is 0.481 e. The first kappa shape index (κ1) is 7.73. The summed E-state index contributed by atoms with van der Waals surface area (Å²) in [6.07, 6.45) is -0.624. The van der Waals surface area contributed by atoms with Crippen molar-refractivity contribution in [2.24, 2.45) is 17.3 Å². The maximum absolute atomic E-state index is 11.1. The molecule has 12 heavy (non-hydrogen) atoms. The van der Waals surface area contributed by atoms with Crippen LogP contribution in [-0.2, 0) is 9.59 Å². The summed E-state index contributed by atoms with van der Waals surface area (Å²) in [6.45, 7) is 1.67. The number of carboxylic acids is 1. The summed E-state index contributed by atoms with van der Waals surface area (Å²) in [5.74, 6) is -2.13. The first-order valence-electron chi connectivity index (χ1n) is 3.93. The van der Waals surface area contributed by atoms with E-state index in [2.05, 4.69) is 0 Å². The van der Waals surface area contributed by atoms with Crippen LogP contribution in [0.2, 0.25) is 0 Å². The minimum atomic E-state index is -0.963. The van der Waals surface area contributed by atoms with Crippen LogP contribution in [0.15, 0.2) is 0 Å². The van der Waals surface area contributed by atoms with Crippen LogP contribution in [-0.4, -0.2) is 28.1 Å². The van der Waals surface area contributed by atoms with Crippen LogP contribution < -0.4 is 0 Å². The Bertz CT molecular complexity index is 266. The van der Waals surface area contributed by atoms with Crippen molar-refractivity contribution in [2.75, 3.05) is 0 Å². The smallest absolute Gasteiger partial charge is 0.307 e. The molecule has 0 amide bonds. The summed E-state index contributed by atoms with van der Waals surface area (Å²) >= 11 is 0. The lowest BCUT2D eigenvalue weighted by Gasteiger charge is -2.12. The maximum atomic E-state index is 11.1. The van der Waals surface area contributed by atoms with E-state index in [9.17, 15) is 14.7 Å². The lowest BCUT2D eigenvalue weighted by atomic mass is 9.99. The minimum Gasteiger partial charge on any atom is -0.481 e. The third-order valence-corrected chi connectivity index (χ3v) is 3.29. The molecular formula is C8H10O4. The first-order chi connectivity index (χ1) is 5.49. The number of aliphatic carboxylic acids is 1. The number of carbonyl (C=O) groups excluding carboxylic acids is 1. The SMILES string of the molecule is C[C@]12[C@H](O)CC(=O)[C@@H]1[C@H]2C(=O)O. The van der Waals surface area contributed by atoms with Crippen LogP contribution in [0.3, 0.4) is 0 Å². The summed E-state index contributed by atoms with van der Waals surface area (Å²) in [7, 11) is 0. The van der Waals surface area contributed by atoms with E-state index >= 15 is 0 Å². The average Bonchev–Trinajstić information content (AvgIpc) is 2.51. The minimum absolute atomic E-state index is 0.0996. The number of hydrogen-bond acceptors (Lipinski definition) is 3. The van der Waals surface area contributed by atoms with Gasteiger partial charge in [-0.3, -0.25) is 9.59 Å². The van der Waals surface area contributed by atoms with Crippen LogP contribution in [0.5, 0.6) is 0 Å². The molecule has 0 aliphatic heterocycles. The van der Waals surface area contributed by atoms with Gasteiger partial charge in [0.2, 0.25) is 0 Å². The van der Waals surface area contributed by atoms with Crippen molar-refractivity contribution < 1.29 is 19.8 Å². The van der Waals surface area contributed by atoms with Crippen molar-refractivity contribution in [3.05, 3.63) is 0 Å². The summed E-state index contributed by atoms with van der Waals surface area (Å²) < 4.78 is 0. The number of aliphatic hydroxyl groups is 1. The lowest BCUT2D eigenvalue weighted by molar-refractivity contribution is -0.142. The van der Waals surface area contributed by atoms with Crippen LogP contribution in [0.4, 0.5) is 0 Å². The normalized spacial score (nSPS) is 50.5. The van der Waals surface area contributed by atoms with E-state index in [4.69, 9.17) is 5.11 Å². The highest BCUT2D eigenvalue weighted by molar-refractivity contribution is 5.96. The third kappa shape index (κ3) is 0.617. The van der Waals surface area contributed by atoms with Gasteiger partial charge in [0.15, 0.2) is 0 Å². The number of carboxylic acid groups (broad SMARTS) is 1. The predicted molar refractivity (Wildman–Crippen MR) is 38.4 cm³/mol.